The summed E-state index contributed by atoms with van der Waals surface area (Å²) in [4.78, 5) is 5.84. The Morgan fingerprint density at radius 1 is 1.18 bits per heavy atom. The van der Waals surface area contributed by atoms with Gasteiger partial charge in [0, 0.05) is 36.0 Å². The first-order chi connectivity index (χ1) is 16.5. The molecule has 178 valence electrons. The van der Waals surface area contributed by atoms with Gasteiger partial charge < -0.3 is 15.8 Å². The number of pyridine rings is 1. The highest BCUT2D eigenvalue weighted by atomic mass is 19.1. The number of nitrogens with zero attached hydrogens (tertiary/aromatic N) is 6. The number of hydrogen-bond donors (Lipinski definition) is 2. The number of benzene rings is 1. The quantitative estimate of drug-likeness (QED) is 0.577. The van der Waals surface area contributed by atoms with Crippen molar-refractivity contribution < 1.29 is 9.13 Å². The molecule has 2 aromatic heterocycles. The molecule has 5 rings (SSSR count). The first-order valence-electron chi connectivity index (χ1n) is 11.6. The lowest BCUT2D eigenvalue weighted by atomic mass is 9.96. The molecule has 0 radical (unpaired) electrons. The van der Waals surface area contributed by atoms with Gasteiger partial charge in [-0.2, -0.15) is 20.1 Å². The van der Waals surface area contributed by atoms with E-state index in [2.05, 4.69) is 32.4 Å². The van der Waals surface area contributed by atoms with E-state index in [4.69, 9.17) is 15.6 Å². The van der Waals surface area contributed by atoms with Gasteiger partial charge in [0.1, 0.15) is 11.9 Å². The van der Waals surface area contributed by atoms with E-state index in [0.717, 1.165) is 43.8 Å². The van der Waals surface area contributed by atoms with Crippen LogP contribution >= 0.6 is 0 Å². The average Bonchev–Trinajstić information content (AvgIpc) is 3.51. The van der Waals surface area contributed by atoms with E-state index >= 15 is 0 Å². The summed E-state index contributed by atoms with van der Waals surface area (Å²) in [6.07, 6.45) is 6.61. The van der Waals surface area contributed by atoms with Crippen molar-refractivity contribution in [1.29, 1.82) is 0 Å². The SMILES string of the molecule is CC1=NN(C2CCNCC2)CC1c1cnc(N)c(O[C@H](C)c2cc(F)ccc2-n2nccn2)c1. The van der Waals surface area contributed by atoms with Crippen LogP contribution in [0, 0.1) is 5.82 Å². The number of nitrogen functional groups attached to an aromatic ring is 1. The third-order valence-electron chi connectivity index (χ3n) is 6.56. The molecule has 0 aliphatic carbocycles. The molecule has 1 fully saturated rings. The van der Waals surface area contributed by atoms with Gasteiger partial charge in [-0.05, 0) is 69.6 Å². The van der Waals surface area contributed by atoms with Crippen LogP contribution in [0.25, 0.3) is 5.69 Å². The molecule has 1 aromatic carbocycles. The molecule has 2 aliphatic heterocycles. The summed E-state index contributed by atoms with van der Waals surface area (Å²) in [5.74, 6) is 0.506. The molecular weight excluding hydrogens is 435 g/mol. The molecule has 10 heteroatoms. The summed E-state index contributed by atoms with van der Waals surface area (Å²) >= 11 is 0. The number of aromatic nitrogens is 4. The maximum atomic E-state index is 14.1. The van der Waals surface area contributed by atoms with Crippen LogP contribution in [0.3, 0.4) is 0 Å². The second kappa shape index (κ2) is 9.38. The van der Waals surface area contributed by atoms with Crippen molar-refractivity contribution in [2.24, 2.45) is 5.10 Å². The third kappa shape index (κ3) is 4.45. The van der Waals surface area contributed by atoms with Gasteiger partial charge in [0.2, 0.25) is 0 Å². The molecule has 0 bridgehead atoms. The van der Waals surface area contributed by atoms with E-state index in [1.165, 1.54) is 16.9 Å². The Morgan fingerprint density at radius 2 is 1.94 bits per heavy atom. The minimum absolute atomic E-state index is 0.124. The van der Waals surface area contributed by atoms with Crippen LogP contribution in [0.4, 0.5) is 10.2 Å². The number of ether oxygens (including phenoxy) is 1. The van der Waals surface area contributed by atoms with E-state index in [0.29, 0.717) is 23.0 Å². The number of rotatable bonds is 6. The first-order valence-corrected chi connectivity index (χ1v) is 11.6. The van der Waals surface area contributed by atoms with Crippen LogP contribution in [0.2, 0.25) is 0 Å². The predicted octanol–water partition coefficient (Wildman–Crippen LogP) is 3.05. The van der Waals surface area contributed by atoms with E-state index in [1.807, 2.05) is 13.0 Å². The maximum Gasteiger partial charge on any atom is 0.166 e. The van der Waals surface area contributed by atoms with Gasteiger partial charge >= 0.3 is 0 Å². The van der Waals surface area contributed by atoms with Gasteiger partial charge in [0.05, 0.1) is 18.1 Å². The first kappa shape index (κ1) is 22.3. The number of hydrazone groups is 1. The Kier molecular flexibility index (Phi) is 6.14. The van der Waals surface area contributed by atoms with Gasteiger partial charge in [0.25, 0.3) is 0 Å². The molecule has 1 unspecified atom stereocenters. The topological polar surface area (TPSA) is 106 Å². The van der Waals surface area contributed by atoms with Crippen molar-refractivity contribution in [2.75, 3.05) is 25.4 Å². The van der Waals surface area contributed by atoms with Crippen molar-refractivity contribution in [2.45, 2.75) is 44.8 Å². The molecule has 0 spiro atoms. The van der Waals surface area contributed by atoms with Crippen LogP contribution in [0.15, 0.2) is 48.0 Å². The standard InChI is InChI=1S/C24H29FN8O/c1-15-21(14-32(31-15)19-5-7-27-8-6-19)17-11-23(24(26)28-13-17)34-16(2)20-12-18(25)3-4-22(20)33-29-9-10-30-33/h3-4,9-13,16,19,21,27H,5-8,14H2,1-2H3,(H2,26,28)/t16-,21?/m1/s1. The summed E-state index contributed by atoms with van der Waals surface area (Å²) in [6, 6.07) is 6.83. The number of halogens is 1. The monoisotopic (exact) mass is 464 g/mol. The van der Waals surface area contributed by atoms with Crippen LogP contribution in [0.5, 0.6) is 5.75 Å². The minimum atomic E-state index is -0.513. The zero-order valence-corrected chi connectivity index (χ0v) is 19.4. The number of hydrogen-bond acceptors (Lipinski definition) is 8. The van der Waals surface area contributed by atoms with E-state index in [1.54, 1.807) is 24.7 Å². The van der Waals surface area contributed by atoms with E-state index < -0.39 is 6.10 Å². The summed E-state index contributed by atoms with van der Waals surface area (Å²) in [5, 5.41) is 18.8. The molecule has 3 aromatic rings. The van der Waals surface area contributed by atoms with Gasteiger partial charge in [-0.15, -0.1) is 0 Å². The molecule has 3 N–H and O–H groups in total. The van der Waals surface area contributed by atoms with Crippen molar-refractivity contribution in [3.05, 3.63) is 59.8 Å². The maximum absolute atomic E-state index is 14.1. The van der Waals surface area contributed by atoms with E-state index in [-0.39, 0.29) is 17.6 Å². The largest absolute Gasteiger partial charge is 0.482 e. The smallest absolute Gasteiger partial charge is 0.166 e. The highest BCUT2D eigenvalue weighted by Crippen LogP contribution is 2.34. The van der Waals surface area contributed by atoms with Gasteiger partial charge in [-0.3, -0.25) is 5.01 Å². The highest BCUT2D eigenvalue weighted by Gasteiger charge is 2.31. The number of anilines is 1. The van der Waals surface area contributed by atoms with Crippen LogP contribution in [-0.4, -0.2) is 56.4 Å². The fourth-order valence-electron chi connectivity index (χ4n) is 4.70. The average molecular weight is 465 g/mol. The Labute approximate surface area is 197 Å². The molecule has 9 nitrogen and oxygen atoms in total. The number of nitrogens with one attached hydrogen (secondary N) is 1. The molecular formula is C24H29FN8O. The molecule has 2 aliphatic rings. The lowest BCUT2D eigenvalue weighted by Gasteiger charge is -2.30. The van der Waals surface area contributed by atoms with Gasteiger partial charge in [0.15, 0.2) is 11.6 Å². The zero-order chi connectivity index (χ0) is 23.7. The van der Waals surface area contributed by atoms with E-state index in [9.17, 15) is 4.39 Å². The Balaban J connectivity index is 1.37. The van der Waals surface area contributed by atoms with Crippen LogP contribution in [-0.2, 0) is 0 Å². The van der Waals surface area contributed by atoms with Crippen molar-refractivity contribution in [3.63, 3.8) is 0 Å². The summed E-state index contributed by atoms with van der Waals surface area (Å²) in [6.45, 7) is 6.76. The predicted molar refractivity (Wildman–Crippen MR) is 127 cm³/mol. The number of nitrogens with two attached hydrogens (primary N) is 1. The molecule has 34 heavy (non-hydrogen) atoms. The molecule has 2 atom stereocenters. The summed E-state index contributed by atoms with van der Waals surface area (Å²) in [5.41, 5.74) is 9.47. The molecule has 4 heterocycles. The lowest BCUT2D eigenvalue weighted by molar-refractivity contribution is 0.181. The Bertz CT molecular complexity index is 1180. The highest BCUT2D eigenvalue weighted by molar-refractivity contribution is 5.90. The molecule has 0 saturated carbocycles. The molecule has 0 amide bonds. The van der Waals surface area contributed by atoms with Gasteiger partial charge in [-0.25, -0.2) is 9.37 Å². The zero-order valence-electron chi connectivity index (χ0n) is 19.4. The van der Waals surface area contributed by atoms with Crippen molar-refractivity contribution in [1.82, 2.24) is 30.3 Å². The number of piperidine rings is 1. The second-order valence-corrected chi connectivity index (χ2v) is 8.83. The third-order valence-corrected chi connectivity index (χ3v) is 6.56. The normalized spacial score (nSPS) is 19.8. The second-order valence-electron chi connectivity index (χ2n) is 8.83. The fourth-order valence-corrected chi connectivity index (χ4v) is 4.70. The molecule has 1 saturated heterocycles. The summed E-state index contributed by atoms with van der Waals surface area (Å²) in [7, 11) is 0. The Hall–Kier alpha value is -3.53. The van der Waals surface area contributed by atoms with Gasteiger partial charge in [-0.1, -0.05) is 0 Å². The lowest BCUT2D eigenvalue weighted by Crippen LogP contribution is -2.40. The van der Waals surface area contributed by atoms with Crippen LogP contribution < -0.4 is 15.8 Å². The Morgan fingerprint density at radius 3 is 2.71 bits per heavy atom. The van der Waals surface area contributed by atoms with Crippen molar-refractivity contribution in [3.8, 4) is 11.4 Å². The minimum Gasteiger partial charge on any atom is -0.482 e. The summed E-state index contributed by atoms with van der Waals surface area (Å²) < 4.78 is 20.3. The van der Waals surface area contributed by atoms with Crippen molar-refractivity contribution >= 4 is 11.5 Å². The fraction of sp³-hybridized carbons (Fsp3) is 0.417. The van der Waals surface area contributed by atoms with Crippen LogP contribution in [0.1, 0.15) is 49.8 Å².